The number of carbonyl (C=O) groups excluding carboxylic acids is 1. The number of oxazole rings is 1. The van der Waals surface area contributed by atoms with Crippen LogP contribution < -0.4 is 9.64 Å². The number of nitrogens with zero attached hydrogens (tertiary/aromatic N) is 2. The standard InChI is InChI=1S/C15H16N2O3/c1-9-8-17(12-6-4-5-7-13(12)19-9)15(18)14-10(2)16-11(3)20-14/h4-7,9H,8H2,1-3H3. The third-order valence-corrected chi connectivity index (χ3v) is 3.27. The molecule has 20 heavy (non-hydrogen) atoms. The highest BCUT2D eigenvalue weighted by Crippen LogP contribution is 2.34. The molecule has 1 unspecified atom stereocenters. The fraction of sp³-hybridized carbons (Fsp3) is 0.333. The summed E-state index contributed by atoms with van der Waals surface area (Å²) < 4.78 is 11.2. The maximum absolute atomic E-state index is 12.7. The van der Waals surface area contributed by atoms with Crippen LogP contribution >= 0.6 is 0 Å². The van der Waals surface area contributed by atoms with Crippen LogP contribution in [0.25, 0.3) is 0 Å². The van der Waals surface area contributed by atoms with Gasteiger partial charge in [-0.2, -0.15) is 0 Å². The lowest BCUT2D eigenvalue weighted by atomic mass is 10.2. The summed E-state index contributed by atoms with van der Waals surface area (Å²) in [6.07, 6.45) is -0.0572. The molecule has 1 aromatic carbocycles. The van der Waals surface area contributed by atoms with Crippen LogP contribution in [0.1, 0.15) is 29.1 Å². The smallest absolute Gasteiger partial charge is 0.296 e. The number of hydrogen-bond acceptors (Lipinski definition) is 4. The molecule has 0 spiro atoms. The van der Waals surface area contributed by atoms with Crippen LogP contribution in [-0.4, -0.2) is 23.5 Å². The van der Waals surface area contributed by atoms with Gasteiger partial charge in [0.15, 0.2) is 5.89 Å². The highest BCUT2D eigenvalue weighted by Gasteiger charge is 2.31. The summed E-state index contributed by atoms with van der Waals surface area (Å²) in [5.41, 5.74) is 1.38. The van der Waals surface area contributed by atoms with E-state index >= 15 is 0 Å². The van der Waals surface area contributed by atoms with Gasteiger partial charge in [0.25, 0.3) is 5.91 Å². The van der Waals surface area contributed by atoms with E-state index in [0.29, 0.717) is 29.6 Å². The van der Waals surface area contributed by atoms with Crippen molar-refractivity contribution in [1.82, 2.24) is 4.98 Å². The summed E-state index contributed by atoms with van der Waals surface area (Å²) in [5.74, 6) is 1.34. The molecule has 5 heteroatoms. The van der Waals surface area contributed by atoms with E-state index < -0.39 is 0 Å². The van der Waals surface area contributed by atoms with Crippen molar-refractivity contribution in [1.29, 1.82) is 0 Å². The molecule has 1 aliphatic heterocycles. The molecule has 0 N–H and O–H groups in total. The number of aryl methyl sites for hydroxylation is 2. The van der Waals surface area contributed by atoms with Crippen LogP contribution in [0.15, 0.2) is 28.7 Å². The lowest BCUT2D eigenvalue weighted by Crippen LogP contribution is -2.42. The number of benzene rings is 1. The average Bonchev–Trinajstić information content (AvgIpc) is 2.76. The highest BCUT2D eigenvalue weighted by molar-refractivity contribution is 6.06. The Morgan fingerprint density at radius 2 is 2.10 bits per heavy atom. The summed E-state index contributed by atoms with van der Waals surface area (Å²) in [6.45, 7) is 5.95. The molecular weight excluding hydrogens is 256 g/mol. The fourth-order valence-corrected chi connectivity index (χ4v) is 2.43. The largest absolute Gasteiger partial charge is 0.487 e. The molecule has 0 radical (unpaired) electrons. The first-order chi connectivity index (χ1) is 9.56. The third-order valence-electron chi connectivity index (χ3n) is 3.27. The van der Waals surface area contributed by atoms with E-state index in [1.807, 2.05) is 31.2 Å². The molecule has 2 heterocycles. The number of aromatic nitrogens is 1. The Morgan fingerprint density at radius 3 is 2.80 bits per heavy atom. The summed E-state index contributed by atoms with van der Waals surface area (Å²) >= 11 is 0. The summed E-state index contributed by atoms with van der Waals surface area (Å²) in [6, 6.07) is 7.52. The molecule has 5 nitrogen and oxygen atoms in total. The van der Waals surface area contributed by atoms with Crippen LogP contribution in [-0.2, 0) is 0 Å². The SMILES string of the molecule is Cc1nc(C)c(C(=O)N2CC(C)Oc3ccccc32)o1. The van der Waals surface area contributed by atoms with Gasteiger partial charge < -0.3 is 9.15 Å². The number of carbonyl (C=O) groups is 1. The second kappa shape index (κ2) is 4.67. The van der Waals surface area contributed by atoms with Gasteiger partial charge in [0.1, 0.15) is 11.9 Å². The Hall–Kier alpha value is -2.30. The van der Waals surface area contributed by atoms with Crippen molar-refractivity contribution < 1.29 is 13.9 Å². The molecule has 3 rings (SSSR count). The van der Waals surface area contributed by atoms with Gasteiger partial charge in [0.2, 0.25) is 5.76 Å². The van der Waals surface area contributed by atoms with Gasteiger partial charge in [0, 0.05) is 6.92 Å². The number of anilines is 1. The van der Waals surface area contributed by atoms with Crippen LogP contribution in [0, 0.1) is 13.8 Å². The zero-order valence-electron chi connectivity index (χ0n) is 11.7. The van der Waals surface area contributed by atoms with E-state index in [4.69, 9.17) is 9.15 Å². The van der Waals surface area contributed by atoms with E-state index in [1.54, 1.807) is 18.7 Å². The van der Waals surface area contributed by atoms with E-state index in [0.717, 1.165) is 5.69 Å². The van der Waals surface area contributed by atoms with Crippen molar-refractivity contribution in [2.45, 2.75) is 26.9 Å². The maximum Gasteiger partial charge on any atom is 0.296 e. The van der Waals surface area contributed by atoms with E-state index in [-0.39, 0.29) is 12.0 Å². The average molecular weight is 272 g/mol. The lowest BCUT2D eigenvalue weighted by Gasteiger charge is -2.32. The number of ether oxygens (including phenoxy) is 1. The lowest BCUT2D eigenvalue weighted by molar-refractivity contribution is 0.0932. The Bertz CT molecular complexity index is 663. The third kappa shape index (κ3) is 2.05. The van der Waals surface area contributed by atoms with E-state index in [1.165, 1.54) is 0 Å². The summed E-state index contributed by atoms with van der Waals surface area (Å²) in [7, 11) is 0. The van der Waals surface area contributed by atoms with Gasteiger partial charge in [-0.25, -0.2) is 4.98 Å². The Balaban J connectivity index is 2.02. The topological polar surface area (TPSA) is 55.6 Å². The second-order valence-electron chi connectivity index (χ2n) is 4.96. The van der Waals surface area contributed by atoms with Crippen molar-refractivity contribution >= 4 is 11.6 Å². The number of rotatable bonds is 1. The van der Waals surface area contributed by atoms with Crippen molar-refractivity contribution in [3.05, 3.63) is 41.6 Å². The van der Waals surface area contributed by atoms with Gasteiger partial charge in [0.05, 0.1) is 17.9 Å². The van der Waals surface area contributed by atoms with Gasteiger partial charge >= 0.3 is 0 Å². The predicted octanol–water partition coefficient (Wildman–Crippen LogP) is 2.72. The van der Waals surface area contributed by atoms with Crippen LogP contribution in [0.5, 0.6) is 5.75 Å². The number of amides is 1. The molecule has 1 atom stereocenters. The monoisotopic (exact) mass is 272 g/mol. The zero-order valence-corrected chi connectivity index (χ0v) is 11.7. The van der Waals surface area contributed by atoms with Crippen molar-refractivity contribution in [3.8, 4) is 5.75 Å². The Kier molecular flexibility index (Phi) is 2.97. The van der Waals surface area contributed by atoms with Crippen molar-refractivity contribution in [3.63, 3.8) is 0 Å². The van der Waals surface area contributed by atoms with Crippen LogP contribution in [0.3, 0.4) is 0 Å². The molecule has 1 aliphatic rings. The quantitative estimate of drug-likeness (QED) is 0.801. The fourth-order valence-electron chi connectivity index (χ4n) is 2.43. The molecule has 0 fully saturated rings. The molecule has 0 saturated heterocycles. The Morgan fingerprint density at radius 1 is 1.35 bits per heavy atom. The molecule has 0 aliphatic carbocycles. The second-order valence-corrected chi connectivity index (χ2v) is 4.96. The first-order valence-corrected chi connectivity index (χ1v) is 6.58. The van der Waals surface area contributed by atoms with E-state index in [9.17, 15) is 4.79 Å². The summed E-state index contributed by atoms with van der Waals surface area (Å²) in [5, 5.41) is 0. The number of para-hydroxylation sites is 2. The van der Waals surface area contributed by atoms with Crippen LogP contribution in [0.4, 0.5) is 5.69 Å². The molecular formula is C15H16N2O3. The van der Waals surface area contributed by atoms with Gasteiger partial charge in [-0.1, -0.05) is 12.1 Å². The minimum atomic E-state index is -0.175. The molecule has 2 aromatic rings. The molecule has 0 saturated carbocycles. The minimum Gasteiger partial charge on any atom is -0.487 e. The number of fused-ring (bicyclic) bond motifs is 1. The predicted molar refractivity (Wildman–Crippen MR) is 74.2 cm³/mol. The minimum absolute atomic E-state index is 0.0572. The first-order valence-electron chi connectivity index (χ1n) is 6.58. The van der Waals surface area contributed by atoms with E-state index in [2.05, 4.69) is 4.98 Å². The molecule has 104 valence electrons. The van der Waals surface area contributed by atoms with Crippen LogP contribution in [0.2, 0.25) is 0 Å². The zero-order chi connectivity index (χ0) is 14.3. The van der Waals surface area contributed by atoms with Gasteiger partial charge in [-0.3, -0.25) is 9.69 Å². The Labute approximate surface area is 117 Å². The first kappa shape index (κ1) is 12.7. The van der Waals surface area contributed by atoms with Gasteiger partial charge in [-0.15, -0.1) is 0 Å². The molecule has 1 aromatic heterocycles. The number of hydrogen-bond donors (Lipinski definition) is 0. The van der Waals surface area contributed by atoms with Crippen molar-refractivity contribution in [2.24, 2.45) is 0 Å². The normalized spacial score (nSPS) is 17.6. The molecule has 0 bridgehead atoms. The highest BCUT2D eigenvalue weighted by atomic mass is 16.5. The van der Waals surface area contributed by atoms with Crippen molar-refractivity contribution in [2.75, 3.05) is 11.4 Å². The molecule has 1 amide bonds. The summed E-state index contributed by atoms with van der Waals surface area (Å²) in [4.78, 5) is 18.5. The van der Waals surface area contributed by atoms with Gasteiger partial charge in [-0.05, 0) is 26.0 Å². The maximum atomic E-state index is 12.7.